The summed E-state index contributed by atoms with van der Waals surface area (Å²) >= 11 is 0. The number of halogens is 3. The van der Waals surface area contributed by atoms with Crippen LogP contribution in [0, 0.1) is 0 Å². The molecule has 2 fully saturated rings. The van der Waals surface area contributed by atoms with E-state index in [-0.39, 0.29) is 22.7 Å². The summed E-state index contributed by atoms with van der Waals surface area (Å²) < 4.78 is 64.0. The molecule has 4 rings (SSSR count). The van der Waals surface area contributed by atoms with Crippen molar-refractivity contribution >= 4 is 21.6 Å². The van der Waals surface area contributed by atoms with Crippen LogP contribution < -0.4 is 5.32 Å². The van der Waals surface area contributed by atoms with E-state index in [1.165, 1.54) is 12.1 Å². The predicted octanol–water partition coefficient (Wildman–Crippen LogP) is 4.71. The van der Waals surface area contributed by atoms with E-state index in [4.69, 9.17) is 0 Å². The van der Waals surface area contributed by atoms with Crippen molar-refractivity contribution in [3.8, 4) is 0 Å². The zero-order chi connectivity index (χ0) is 21.5. The summed E-state index contributed by atoms with van der Waals surface area (Å²) in [6, 6.07) is 11.8. The molecular weight excluding hydrogens is 417 g/mol. The first-order valence-electron chi connectivity index (χ1n) is 9.72. The normalized spacial score (nSPS) is 24.0. The lowest BCUT2D eigenvalue weighted by atomic mass is 10.0. The van der Waals surface area contributed by atoms with Gasteiger partial charge in [-0.2, -0.15) is 13.2 Å². The highest BCUT2D eigenvalue weighted by molar-refractivity contribution is 7.92. The van der Waals surface area contributed by atoms with Crippen molar-refractivity contribution in [1.29, 1.82) is 0 Å². The maximum atomic E-state index is 13.0. The number of rotatable bonds is 3. The SMILES string of the molecule is O=C(Nc1ccc(C(F)(F)F)cc1)N1[C@@H]2CC[C@@H]1CC(S(=O)(=O)c1ccccc1)C2. The summed E-state index contributed by atoms with van der Waals surface area (Å²) in [5.41, 5.74) is -0.515. The molecule has 2 aliphatic rings. The standard InChI is InChI=1S/C21H21F3N2O3S/c22-21(23,24)14-6-8-15(9-7-14)25-20(27)26-16-10-11-17(26)13-19(12-16)30(28,29)18-4-2-1-3-5-18/h1-9,16-17,19H,10-13H2,(H,25,27)/t16-,17-/m1/s1. The first kappa shape index (κ1) is 20.7. The Morgan fingerprint density at radius 2 is 1.50 bits per heavy atom. The van der Waals surface area contributed by atoms with Crippen LogP contribution in [-0.4, -0.2) is 36.7 Å². The lowest BCUT2D eigenvalue weighted by molar-refractivity contribution is -0.137. The first-order chi connectivity index (χ1) is 14.2. The van der Waals surface area contributed by atoms with Crippen molar-refractivity contribution < 1.29 is 26.4 Å². The van der Waals surface area contributed by atoms with Gasteiger partial charge in [-0.3, -0.25) is 0 Å². The second kappa shape index (κ2) is 7.61. The smallest absolute Gasteiger partial charge is 0.318 e. The fourth-order valence-electron chi connectivity index (χ4n) is 4.45. The number of sulfone groups is 1. The molecule has 1 N–H and O–H groups in total. The Bertz CT molecular complexity index is 1010. The quantitative estimate of drug-likeness (QED) is 0.755. The number of nitrogens with one attached hydrogen (secondary N) is 1. The molecule has 2 aromatic rings. The van der Waals surface area contributed by atoms with Gasteiger partial charge >= 0.3 is 12.2 Å². The minimum atomic E-state index is -4.44. The van der Waals surface area contributed by atoms with Gasteiger partial charge in [-0.15, -0.1) is 0 Å². The van der Waals surface area contributed by atoms with E-state index in [1.807, 2.05) is 0 Å². The third-order valence-corrected chi connectivity index (χ3v) is 8.09. The van der Waals surface area contributed by atoms with Crippen LogP contribution in [0.2, 0.25) is 0 Å². The van der Waals surface area contributed by atoms with E-state index in [0.717, 1.165) is 12.1 Å². The maximum absolute atomic E-state index is 13.0. The molecule has 0 radical (unpaired) electrons. The molecule has 0 unspecified atom stereocenters. The van der Waals surface area contributed by atoms with Crippen LogP contribution in [0.25, 0.3) is 0 Å². The molecule has 0 spiro atoms. The molecule has 5 nitrogen and oxygen atoms in total. The molecule has 2 aromatic carbocycles. The Balaban J connectivity index is 1.46. The number of piperidine rings is 1. The minimum absolute atomic E-state index is 0.207. The summed E-state index contributed by atoms with van der Waals surface area (Å²) in [7, 11) is -3.48. The largest absolute Gasteiger partial charge is 0.416 e. The topological polar surface area (TPSA) is 66.5 Å². The monoisotopic (exact) mass is 438 g/mol. The van der Waals surface area contributed by atoms with Crippen LogP contribution in [-0.2, 0) is 16.0 Å². The molecular formula is C21H21F3N2O3S. The van der Waals surface area contributed by atoms with E-state index < -0.39 is 32.9 Å². The van der Waals surface area contributed by atoms with Gasteiger partial charge in [-0.05, 0) is 62.1 Å². The highest BCUT2D eigenvalue weighted by Gasteiger charge is 2.47. The minimum Gasteiger partial charge on any atom is -0.318 e. The number of nitrogens with zero attached hydrogens (tertiary/aromatic N) is 1. The van der Waals surface area contributed by atoms with Crippen molar-refractivity contribution in [2.45, 2.75) is 54.1 Å². The number of amides is 2. The second-order valence-electron chi connectivity index (χ2n) is 7.75. The second-order valence-corrected chi connectivity index (χ2v) is 9.98. The Hall–Kier alpha value is -2.55. The maximum Gasteiger partial charge on any atom is 0.416 e. The third kappa shape index (κ3) is 3.90. The van der Waals surface area contributed by atoms with Crippen LogP contribution in [0.5, 0.6) is 0 Å². The molecule has 0 aliphatic carbocycles. The van der Waals surface area contributed by atoms with Crippen LogP contribution in [0.4, 0.5) is 23.7 Å². The number of urea groups is 1. The van der Waals surface area contributed by atoms with Crippen LogP contribution in [0.1, 0.15) is 31.2 Å². The van der Waals surface area contributed by atoms with E-state index in [9.17, 15) is 26.4 Å². The fraction of sp³-hybridized carbons (Fsp3) is 0.381. The number of hydrogen-bond donors (Lipinski definition) is 1. The van der Waals surface area contributed by atoms with E-state index >= 15 is 0 Å². The van der Waals surface area contributed by atoms with E-state index in [2.05, 4.69) is 5.32 Å². The molecule has 0 aromatic heterocycles. The molecule has 2 heterocycles. The van der Waals surface area contributed by atoms with Crippen molar-refractivity contribution in [3.05, 3.63) is 60.2 Å². The lowest BCUT2D eigenvalue weighted by Gasteiger charge is -2.38. The van der Waals surface area contributed by atoms with Crippen LogP contribution in [0.15, 0.2) is 59.5 Å². The number of benzene rings is 2. The van der Waals surface area contributed by atoms with Gasteiger partial charge in [0, 0.05) is 17.8 Å². The predicted molar refractivity (Wildman–Crippen MR) is 106 cm³/mol. The van der Waals surface area contributed by atoms with E-state index in [1.54, 1.807) is 35.2 Å². The lowest BCUT2D eigenvalue weighted by Crippen LogP contribution is -2.51. The molecule has 160 valence electrons. The third-order valence-electron chi connectivity index (χ3n) is 5.90. The first-order valence-corrected chi connectivity index (χ1v) is 11.3. The fourth-order valence-corrected chi connectivity index (χ4v) is 6.32. The molecule has 30 heavy (non-hydrogen) atoms. The average Bonchev–Trinajstić information content (AvgIpc) is 2.98. The van der Waals surface area contributed by atoms with Crippen LogP contribution in [0.3, 0.4) is 0 Å². The zero-order valence-electron chi connectivity index (χ0n) is 16.0. The number of carbonyl (C=O) groups excluding carboxylic acids is 1. The number of alkyl halides is 3. The highest BCUT2D eigenvalue weighted by Crippen LogP contribution is 2.40. The Morgan fingerprint density at radius 1 is 0.933 bits per heavy atom. The number of anilines is 1. The summed E-state index contributed by atoms with van der Waals surface area (Å²) in [6.45, 7) is 0. The Morgan fingerprint density at radius 3 is 2.03 bits per heavy atom. The van der Waals surface area contributed by atoms with Gasteiger partial charge in [0.25, 0.3) is 0 Å². The molecule has 2 atom stereocenters. The van der Waals surface area contributed by atoms with Gasteiger partial charge < -0.3 is 10.2 Å². The molecule has 2 bridgehead atoms. The van der Waals surface area contributed by atoms with Gasteiger partial charge in [0.1, 0.15) is 0 Å². The van der Waals surface area contributed by atoms with E-state index in [0.29, 0.717) is 25.7 Å². The number of carbonyl (C=O) groups is 1. The van der Waals surface area contributed by atoms with Crippen molar-refractivity contribution in [2.75, 3.05) is 5.32 Å². The van der Waals surface area contributed by atoms with Gasteiger partial charge in [0.05, 0.1) is 15.7 Å². The summed E-state index contributed by atoms with van der Waals surface area (Å²) in [5, 5.41) is 2.10. The number of fused-ring (bicyclic) bond motifs is 2. The summed E-state index contributed by atoms with van der Waals surface area (Å²) in [5.74, 6) is 0. The average molecular weight is 438 g/mol. The van der Waals surface area contributed by atoms with Gasteiger partial charge in [-0.1, -0.05) is 18.2 Å². The molecule has 2 amide bonds. The number of hydrogen-bond acceptors (Lipinski definition) is 3. The van der Waals surface area contributed by atoms with Gasteiger partial charge in [0.2, 0.25) is 0 Å². The van der Waals surface area contributed by atoms with Crippen molar-refractivity contribution in [3.63, 3.8) is 0 Å². The van der Waals surface area contributed by atoms with Crippen LogP contribution >= 0.6 is 0 Å². The molecule has 2 saturated heterocycles. The molecule has 0 saturated carbocycles. The highest BCUT2D eigenvalue weighted by atomic mass is 32.2. The zero-order valence-corrected chi connectivity index (χ0v) is 16.8. The Kier molecular flexibility index (Phi) is 5.25. The summed E-state index contributed by atoms with van der Waals surface area (Å²) in [6.07, 6.45) is -2.30. The molecule has 2 aliphatic heterocycles. The molecule has 9 heteroatoms. The van der Waals surface area contributed by atoms with Gasteiger partial charge in [0.15, 0.2) is 9.84 Å². The van der Waals surface area contributed by atoms with Gasteiger partial charge in [-0.25, -0.2) is 13.2 Å². The Labute approximate surface area is 172 Å². The van der Waals surface area contributed by atoms with Crippen molar-refractivity contribution in [2.24, 2.45) is 0 Å². The summed E-state index contributed by atoms with van der Waals surface area (Å²) in [4.78, 5) is 14.7. The van der Waals surface area contributed by atoms with Crippen molar-refractivity contribution in [1.82, 2.24) is 4.90 Å².